The molecule has 0 aliphatic heterocycles. The molecule has 1 aliphatic carbocycles. The van der Waals surface area contributed by atoms with Crippen molar-refractivity contribution in [1.29, 1.82) is 0 Å². The molecule has 0 spiro atoms. The molecule has 0 saturated heterocycles. The molecular formula is C10H18O. The van der Waals surface area contributed by atoms with Crippen LogP contribution >= 0.6 is 0 Å². The summed E-state index contributed by atoms with van der Waals surface area (Å²) in [6, 6.07) is 0. The van der Waals surface area contributed by atoms with E-state index in [9.17, 15) is 4.79 Å². The third-order valence-corrected chi connectivity index (χ3v) is 2.96. The molecule has 1 atom stereocenters. The molecule has 0 N–H and O–H groups in total. The molecule has 1 heteroatoms. The molecule has 1 aliphatic rings. The van der Waals surface area contributed by atoms with E-state index in [0.717, 1.165) is 6.42 Å². The fraction of sp³-hybridized carbons (Fsp3) is 0.900. The second-order valence-electron chi connectivity index (χ2n) is 3.65. The number of Topliss-reactive ketones (excluding diaryl/α,β-unsaturated/α-hetero) is 1. The van der Waals surface area contributed by atoms with Crippen LogP contribution < -0.4 is 0 Å². The molecule has 11 heavy (non-hydrogen) atoms. The Morgan fingerprint density at radius 3 is 2.45 bits per heavy atom. The average molecular weight is 154 g/mol. The van der Waals surface area contributed by atoms with Gasteiger partial charge in [-0.2, -0.15) is 0 Å². The quantitative estimate of drug-likeness (QED) is 0.611. The maximum atomic E-state index is 11.3. The maximum Gasteiger partial charge on any atom is 0.135 e. The fourth-order valence-corrected chi connectivity index (χ4v) is 2.04. The Morgan fingerprint density at radius 1 is 1.45 bits per heavy atom. The first-order chi connectivity index (χ1) is 5.25. The Morgan fingerprint density at radius 2 is 2.00 bits per heavy atom. The SMILES string of the molecule is CCC(=O)C(C)C1CCCC1. The van der Waals surface area contributed by atoms with Crippen molar-refractivity contribution in [3.05, 3.63) is 0 Å². The van der Waals surface area contributed by atoms with E-state index in [0.29, 0.717) is 17.6 Å². The minimum atomic E-state index is 0.336. The van der Waals surface area contributed by atoms with Crippen LogP contribution in [0.1, 0.15) is 46.0 Å². The van der Waals surface area contributed by atoms with Gasteiger partial charge in [-0.1, -0.05) is 26.7 Å². The van der Waals surface area contributed by atoms with Crippen molar-refractivity contribution in [1.82, 2.24) is 0 Å². The highest BCUT2D eigenvalue weighted by molar-refractivity contribution is 5.80. The average Bonchev–Trinajstić information content (AvgIpc) is 2.53. The minimum Gasteiger partial charge on any atom is -0.299 e. The van der Waals surface area contributed by atoms with Gasteiger partial charge < -0.3 is 0 Å². The zero-order chi connectivity index (χ0) is 8.27. The first kappa shape index (κ1) is 8.76. The summed E-state index contributed by atoms with van der Waals surface area (Å²) >= 11 is 0. The molecule has 1 rings (SSSR count). The second-order valence-corrected chi connectivity index (χ2v) is 3.65. The lowest BCUT2D eigenvalue weighted by Gasteiger charge is -2.15. The van der Waals surface area contributed by atoms with Gasteiger partial charge in [-0.25, -0.2) is 0 Å². The number of hydrogen-bond donors (Lipinski definition) is 0. The summed E-state index contributed by atoms with van der Waals surface area (Å²) in [7, 11) is 0. The van der Waals surface area contributed by atoms with Crippen LogP contribution in [0.3, 0.4) is 0 Å². The van der Waals surface area contributed by atoms with Crippen molar-refractivity contribution < 1.29 is 4.79 Å². The van der Waals surface area contributed by atoms with E-state index in [4.69, 9.17) is 0 Å². The Hall–Kier alpha value is -0.330. The van der Waals surface area contributed by atoms with Crippen molar-refractivity contribution >= 4 is 5.78 Å². The molecular weight excluding hydrogens is 136 g/mol. The van der Waals surface area contributed by atoms with Gasteiger partial charge >= 0.3 is 0 Å². The van der Waals surface area contributed by atoms with Gasteiger partial charge in [0.25, 0.3) is 0 Å². The van der Waals surface area contributed by atoms with Gasteiger partial charge in [-0.05, 0) is 18.8 Å². The smallest absolute Gasteiger partial charge is 0.135 e. The van der Waals surface area contributed by atoms with Gasteiger partial charge in [0, 0.05) is 12.3 Å². The molecule has 0 amide bonds. The fourth-order valence-electron chi connectivity index (χ4n) is 2.04. The van der Waals surface area contributed by atoms with E-state index in [2.05, 4.69) is 6.92 Å². The maximum absolute atomic E-state index is 11.3. The predicted molar refractivity (Wildman–Crippen MR) is 46.4 cm³/mol. The van der Waals surface area contributed by atoms with Crippen molar-refractivity contribution in [2.75, 3.05) is 0 Å². The highest BCUT2D eigenvalue weighted by Gasteiger charge is 2.25. The third-order valence-electron chi connectivity index (χ3n) is 2.96. The predicted octanol–water partition coefficient (Wildman–Crippen LogP) is 2.79. The summed E-state index contributed by atoms with van der Waals surface area (Å²) in [5.74, 6) is 1.50. The number of carbonyl (C=O) groups is 1. The van der Waals surface area contributed by atoms with Crippen LogP contribution in [-0.4, -0.2) is 5.78 Å². The summed E-state index contributed by atoms with van der Waals surface area (Å²) in [5.41, 5.74) is 0. The Kier molecular flexibility index (Phi) is 3.10. The lowest BCUT2D eigenvalue weighted by molar-refractivity contribution is -0.123. The topological polar surface area (TPSA) is 17.1 Å². The number of ketones is 1. The largest absolute Gasteiger partial charge is 0.299 e. The van der Waals surface area contributed by atoms with Crippen molar-refractivity contribution in [2.45, 2.75) is 46.0 Å². The molecule has 0 bridgehead atoms. The third kappa shape index (κ3) is 2.05. The normalized spacial score (nSPS) is 22.0. The van der Waals surface area contributed by atoms with Gasteiger partial charge in [-0.3, -0.25) is 4.79 Å². The van der Waals surface area contributed by atoms with Crippen LogP contribution in [-0.2, 0) is 4.79 Å². The van der Waals surface area contributed by atoms with Gasteiger partial charge in [0.1, 0.15) is 5.78 Å². The van der Waals surface area contributed by atoms with Crippen LogP contribution in [0.15, 0.2) is 0 Å². The minimum absolute atomic E-state index is 0.336. The van der Waals surface area contributed by atoms with Crippen molar-refractivity contribution in [3.63, 3.8) is 0 Å². The molecule has 1 nitrogen and oxygen atoms in total. The molecule has 0 aromatic carbocycles. The first-order valence-electron chi connectivity index (χ1n) is 4.78. The van der Waals surface area contributed by atoms with Crippen LogP contribution in [0.4, 0.5) is 0 Å². The van der Waals surface area contributed by atoms with Crippen molar-refractivity contribution in [3.8, 4) is 0 Å². The first-order valence-corrected chi connectivity index (χ1v) is 4.78. The lowest BCUT2D eigenvalue weighted by Crippen LogP contribution is -2.17. The van der Waals surface area contributed by atoms with Crippen LogP contribution in [0, 0.1) is 11.8 Å². The number of rotatable bonds is 3. The summed E-state index contributed by atoms with van der Waals surface area (Å²) < 4.78 is 0. The summed E-state index contributed by atoms with van der Waals surface area (Å²) in [5, 5.41) is 0. The molecule has 0 aromatic rings. The van der Waals surface area contributed by atoms with E-state index in [1.54, 1.807) is 0 Å². The highest BCUT2D eigenvalue weighted by Crippen LogP contribution is 2.31. The van der Waals surface area contributed by atoms with E-state index < -0.39 is 0 Å². The monoisotopic (exact) mass is 154 g/mol. The molecule has 0 radical (unpaired) electrons. The van der Waals surface area contributed by atoms with Crippen LogP contribution in [0.5, 0.6) is 0 Å². The van der Waals surface area contributed by atoms with Gasteiger partial charge in [0.2, 0.25) is 0 Å². The van der Waals surface area contributed by atoms with E-state index >= 15 is 0 Å². The molecule has 64 valence electrons. The zero-order valence-electron chi connectivity index (χ0n) is 7.60. The lowest BCUT2D eigenvalue weighted by atomic mass is 9.88. The van der Waals surface area contributed by atoms with Crippen molar-refractivity contribution in [2.24, 2.45) is 11.8 Å². The Balaban J connectivity index is 2.39. The van der Waals surface area contributed by atoms with Gasteiger partial charge in [0.05, 0.1) is 0 Å². The molecule has 1 saturated carbocycles. The summed E-state index contributed by atoms with van der Waals surface area (Å²) in [6.07, 6.45) is 5.97. The zero-order valence-corrected chi connectivity index (χ0v) is 7.60. The molecule has 0 aromatic heterocycles. The van der Waals surface area contributed by atoms with E-state index in [-0.39, 0.29) is 0 Å². The standard InChI is InChI=1S/C10H18O/c1-3-10(11)8(2)9-6-4-5-7-9/h8-9H,3-7H2,1-2H3. The van der Waals surface area contributed by atoms with Gasteiger partial charge in [0.15, 0.2) is 0 Å². The molecule has 0 heterocycles. The van der Waals surface area contributed by atoms with Crippen LogP contribution in [0.25, 0.3) is 0 Å². The van der Waals surface area contributed by atoms with Crippen LogP contribution in [0.2, 0.25) is 0 Å². The highest BCUT2D eigenvalue weighted by atomic mass is 16.1. The Labute approximate surface area is 69.2 Å². The van der Waals surface area contributed by atoms with Gasteiger partial charge in [-0.15, -0.1) is 0 Å². The Bertz CT molecular complexity index is 134. The van der Waals surface area contributed by atoms with E-state index in [1.165, 1.54) is 25.7 Å². The summed E-state index contributed by atoms with van der Waals surface area (Å²) in [4.78, 5) is 11.3. The number of hydrogen-bond acceptors (Lipinski definition) is 1. The summed E-state index contributed by atoms with van der Waals surface area (Å²) in [6.45, 7) is 4.07. The molecule has 1 unspecified atom stereocenters. The molecule has 1 fully saturated rings. The second kappa shape index (κ2) is 3.89. The van der Waals surface area contributed by atoms with E-state index in [1.807, 2.05) is 6.92 Å². The number of carbonyl (C=O) groups excluding carboxylic acids is 1.